The van der Waals surface area contributed by atoms with Gasteiger partial charge < -0.3 is 9.84 Å². The highest BCUT2D eigenvalue weighted by Crippen LogP contribution is 2.07. The van der Waals surface area contributed by atoms with E-state index >= 15 is 0 Å². The number of ether oxygens (including phenoxy) is 1. The van der Waals surface area contributed by atoms with Crippen LogP contribution in [-0.2, 0) is 9.53 Å². The van der Waals surface area contributed by atoms with Gasteiger partial charge in [-0.2, -0.15) is 0 Å². The largest absolute Gasteiger partial charge is 0.481 e. The molecule has 0 fully saturated rings. The topological polar surface area (TPSA) is 46.5 Å². The van der Waals surface area contributed by atoms with Crippen molar-refractivity contribution in [3.63, 3.8) is 0 Å². The standard InChI is InChI=1S/C7H14O3/c1-5(7(8)9)4-6(2)10-3/h5-6H,4H2,1-3H3,(H,8,9). The zero-order valence-electron chi connectivity index (χ0n) is 6.63. The Kier molecular flexibility index (Phi) is 4.03. The second kappa shape index (κ2) is 4.28. The first kappa shape index (κ1) is 9.43. The van der Waals surface area contributed by atoms with Crippen LogP contribution >= 0.6 is 0 Å². The maximum atomic E-state index is 10.3. The van der Waals surface area contributed by atoms with E-state index in [1.165, 1.54) is 0 Å². The fourth-order valence-corrected chi connectivity index (χ4v) is 0.695. The molecule has 3 nitrogen and oxygen atoms in total. The molecule has 2 atom stereocenters. The fourth-order valence-electron chi connectivity index (χ4n) is 0.695. The van der Waals surface area contributed by atoms with E-state index in [1.54, 1.807) is 14.0 Å². The fraction of sp³-hybridized carbons (Fsp3) is 0.857. The Labute approximate surface area is 61.0 Å². The van der Waals surface area contributed by atoms with E-state index in [4.69, 9.17) is 9.84 Å². The van der Waals surface area contributed by atoms with Crippen molar-refractivity contribution in [1.82, 2.24) is 0 Å². The van der Waals surface area contributed by atoms with Gasteiger partial charge in [-0.15, -0.1) is 0 Å². The first-order valence-electron chi connectivity index (χ1n) is 3.33. The van der Waals surface area contributed by atoms with E-state index in [0.717, 1.165) is 0 Å². The third-order valence-electron chi connectivity index (χ3n) is 1.51. The van der Waals surface area contributed by atoms with Gasteiger partial charge in [0.05, 0.1) is 12.0 Å². The third kappa shape index (κ3) is 3.45. The summed E-state index contributed by atoms with van der Waals surface area (Å²) in [5.74, 6) is -1.07. The molecule has 0 saturated heterocycles. The summed E-state index contributed by atoms with van der Waals surface area (Å²) in [5.41, 5.74) is 0. The number of carboxylic acid groups (broad SMARTS) is 1. The van der Waals surface area contributed by atoms with Crippen LogP contribution in [0.15, 0.2) is 0 Å². The van der Waals surface area contributed by atoms with Crippen molar-refractivity contribution in [1.29, 1.82) is 0 Å². The molecule has 1 N–H and O–H groups in total. The number of carbonyl (C=O) groups is 1. The number of carboxylic acids is 1. The molecule has 0 aliphatic heterocycles. The molecule has 0 aromatic heterocycles. The highest BCUT2D eigenvalue weighted by atomic mass is 16.5. The molecular formula is C7H14O3. The normalized spacial score (nSPS) is 16.3. The monoisotopic (exact) mass is 146 g/mol. The summed E-state index contributed by atoms with van der Waals surface area (Å²) >= 11 is 0. The number of hydrogen-bond donors (Lipinski definition) is 1. The van der Waals surface area contributed by atoms with Crippen molar-refractivity contribution in [3.05, 3.63) is 0 Å². The molecule has 0 amide bonds. The van der Waals surface area contributed by atoms with Crippen molar-refractivity contribution in [2.75, 3.05) is 7.11 Å². The lowest BCUT2D eigenvalue weighted by Crippen LogP contribution is -2.17. The molecule has 10 heavy (non-hydrogen) atoms. The Morgan fingerprint density at radius 2 is 2.10 bits per heavy atom. The van der Waals surface area contributed by atoms with Crippen LogP contribution < -0.4 is 0 Å². The first-order chi connectivity index (χ1) is 4.57. The van der Waals surface area contributed by atoms with Gasteiger partial charge in [0.15, 0.2) is 0 Å². The molecule has 0 aromatic carbocycles. The lowest BCUT2D eigenvalue weighted by Gasteiger charge is -2.11. The predicted octanol–water partition coefficient (Wildman–Crippen LogP) is 1.13. The van der Waals surface area contributed by atoms with Crippen LogP contribution in [0.5, 0.6) is 0 Å². The molecule has 0 spiro atoms. The maximum Gasteiger partial charge on any atom is 0.306 e. The van der Waals surface area contributed by atoms with Gasteiger partial charge in [0.2, 0.25) is 0 Å². The molecule has 0 aromatic rings. The highest BCUT2D eigenvalue weighted by molar-refractivity contribution is 5.69. The Morgan fingerprint density at radius 1 is 1.60 bits per heavy atom. The third-order valence-corrected chi connectivity index (χ3v) is 1.51. The highest BCUT2D eigenvalue weighted by Gasteiger charge is 2.13. The second-order valence-electron chi connectivity index (χ2n) is 2.52. The Hall–Kier alpha value is -0.570. The minimum absolute atomic E-state index is 0.0334. The summed E-state index contributed by atoms with van der Waals surface area (Å²) in [6.07, 6.45) is 0.609. The Morgan fingerprint density at radius 3 is 2.40 bits per heavy atom. The number of aliphatic carboxylic acids is 1. The van der Waals surface area contributed by atoms with Crippen molar-refractivity contribution in [2.24, 2.45) is 5.92 Å². The number of rotatable bonds is 4. The van der Waals surface area contributed by atoms with Crippen molar-refractivity contribution < 1.29 is 14.6 Å². The zero-order valence-corrected chi connectivity index (χ0v) is 6.63. The molecule has 3 heteroatoms. The van der Waals surface area contributed by atoms with Crippen LogP contribution in [0, 0.1) is 5.92 Å². The molecule has 0 radical (unpaired) electrons. The van der Waals surface area contributed by atoms with Gasteiger partial charge in [-0.1, -0.05) is 6.92 Å². The molecule has 0 bridgehead atoms. The Balaban J connectivity index is 3.56. The summed E-state index contributed by atoms with van der Waals surface area (Å²) < 4.78 is 4.91. The van der Waals surface area contributed by atoms with Gasteiger partial charge in [-0.3, -0.25) is 4.79 Å². The lowest BCUT2D eigenvalue weighted by atomic mass is 10.1. The summed E-state index contributed by atoms with van der Waals surface area (Å²) in [6.45, 7) is 3.54. The summed E-state index contributed by atoms with van der Waals surface area (Å²) in [6, 6.07) is 0. The second-order valence-corrected chi connectivity index (χ2v) is 2.52. The SMILES string of the molecule is COC(C)CC(C)C(=O)O. The average Bonchev–Trinajstić information content (AvgIpc) is 1.87. The van der Waals surface area contributed by atoms with Gasteiger partial charge in [-0.05, 0) is 13.3 Å². The molecule has 2 unspecified atom stereocenters. The summed E-state index contributed by atoms with van der Waals surface area (Å²) in [7, 11) is 1.58. The minimum Gasteiger partial charge on any atom is -0.481 e. The average molecular weight is 146 g/mol. The van der Waals surface area contributed by atoms with Crippen LogP contribution in [0.4, 0.5) is 0 Å². The van der Waals surface area contributed by atoms with E-state index in [1.807, 2.05) is 6.92 Å². The quantitative estimate of drug-likeness (QED) is 0.646. The van der Waals surface area contributed by atoms with Crippen LogP contribution in [0.3, 0.4) is 0 Å². The minimum atomic E-state index is -0.760. The van der Waals surface area contributed by atoms with Crippen molar-refractivity contribution >= 4 is 5.97 Å². The van der Waals surface area contributed by atoms with Crippen molar-refractivity contribution in [3.8, 4) is 0 Å². The van der Waals surface area contributed by atoms with Crippen LogP contribution in [0.1, 0.15) is 20.3 Å². The van der Waals surface area contributed by atoms with E-state index in [0.29, 0.717) is 6.42 Å². The smallest absolute Gasteiger partial charge is 0.306 e. The van der Waals surface area contributed by atoms with Gasteiger partial charge in [0, 0.05) is 7.11 Å². The predicted molar refractivity (Wildman–Crippen MR) is 37.9 cm³/mol. The van der Waals surface area contributed by atoms with E-state index in [-0.39, 0.29) is 12.0 Å². The maximum absolute atomic E-state index is 10.3. The van der Waals surface area contributed by atoms with E-state index in [2.05, 4.69) is 0 Å². The first-order valence-corrected chi connectivity index (χ1v) is 3.33. The number of methoxy groups -OCH3 is 1. The molecule has 60 valence electrons. The molecule has 0 rings (SSSR count). The Bertz CT molecular complexity index is 111. The van der Waals surface area contributed by atoms with Gasteiger partial charge in [-0.25, -0.2) is 0 Å². The van der Waals surface area contributed by atoms with E-state index < -0.39 is 5.97 Å². The van der Waals surface area contributed by atoms with Gasteiger partial charge >= 0.3 is 5.97 Å². The van der Waals surface area contributed by atoms with Gasteiger partial charge in [0.25, 0.3) is 0 Å². The summed E-state index contributed by atoms with van der Waals surface area (Å²) in [4.78, 5) is 10.3. The van der Waals surface area contributed by atoms with Crippen LogP contribution in [0.25, 0.3) is 0 Å². The molecule has 0 aliphatic rings. The van der Waals surface area contributed by atoms with Crippen molar-refractivity contribution in [2.45, 2.75) is 26.4 Å². The van der Waals surface area contributed by atoms with Gasteiger partial charge in [0.1, 0.15) is 0 Å². The van der Waals surface area contributed by atoms with E-state index in [9.17, 15) is 4.79 Å². The molecular weight excluding hydrogens is 132 g/mol. The molecule has 0 saturated carbocycles. The lowest BCUT2D eigenvalue weighted by molar-refractivity contribution is -0.142. The van der Waals surface area contributed by atoms with Crippen LogP contribution in [0.2, 0.25) is 0 Å². The zero-order chi connectivity index (χ0) is 8.15. The number of hydrogen-bond acceptors (Lipinski definition) is 2. The molecule has 0 heterocycles. The van der Waals surface area contributed by atoms with Crippen LogP contribution in [-0.4, -0.2) is 24.3 Å². The summed E-state index contributed by atoms with van der Waals surface area (Å²) in [5, 5.41) is 8.47. The molecule has 0 aliphatic carbocycles.